The van der Waals surface area contributed by atoms with Gasteiger partial charge in [0, 0.05) is 43.9 Å². The molecule has 6 heteroatoms. The standard InChI is InChI=1S/C28H26Si.C27H16FN2O.Ir/c1-29(2,3)28-18-17-26(21-27(28)19-22-11-6-4-7-12-22)25-16-10-15-24(20-25)23-13-8-5-9-14-23;1-16-14-29-23(13-21(16)17-7-3-2-4-8-17)20-11-12-22(28)25-24-19-10-6-5-9-18(19)15-30-27(24)31-26(20)25;/h4-15,18,20-21H,19H2,1-3H3;2-10,12-15H,1H3;/q-2;-1;+3/i19D2;1D3;. The van der Waals surface area contributed by atoms with Crippen LogP contribution in [-0.4, -0.2) is 18.0 Å². The molecule has 0 atom stereocenters. The second kappa shape index (κ2) is 17.7. The topological polar surface area (TPSA) is 38.9 Å². The summed E-state index contributed by atoms with van der Waals surface area (Å²) >= 11 is 0. The number of nitrogens with zero attached hydrogens (tertiary/aromatic N) is 2. The van der Waals surface area contributed by atoms with E-state index in [4.69, 9.17) is 11.3 Å². The van der Waals surface area contributed by atoms with Gasteiger partial charge in [-0.3, -0.25) is 4.39 Å². The van der Waals surface area contributed by atoms with Crippen molar-refractivity contribution in [3.63, 3.8) is 0 Å². The van der Waals surface area contributed by atoms with Crippen molar-refractivity contribution in [2.45, 2.75) is 32.9 Å². The Bertz CT molecular complexity index is 3340. The van der Waals surface area contributed by atoms with Gasteiger partial charge in [-0.1, -0.05) is 147 Å². The molecule has 3 heterocycles. The SMILES string of the molecule is [2H]C([2H])([2H])c1cnc(-c2[c-]cc(F)c3c2oc2ncc4ccccc4c23)cc1-c1ccccc1.[2H]C([2H])(c1ccccc1)c1cc(-c2[c-]ccc(-c3ccccc3)c2)[c-]cc1[Si](C)(C)C.[Ir+3]. The molecule has 61 heavy (non-hydrogen) atoms. The third-order valence-electron chi connectivity index (χ3n) is 10.5. The minimum Gasteiger partial charge on any atom is -0.486 e. The predicted molar refractivity (Wildman–Crippen MR) is 248 cm³/mol. The molecule has 0 aliphatic carbocycles. The van der Waals surface area contributed by atoms with Gasteiger partial charge in [-0.25, -0.2) is 16.1 Å². The van der Waals surface area contributed by atoms with E-state index >= 15 is 4.39 Å². The number of hydrogen-bond donors (Lipinski definition) is 0. The van der Waals surface area contributed by atoms with Gasteiger partial charge in [-0.2, -0.15) is 36.4 Å². The summed E-state index contributed by atoms with van der Waals surface area (Å²) < 4.78 is 63.1. The Kier molecular flexibility index (Phi) is 10.3. The molecule has 10 rings (SSSR count). The van der Waals surface area contributed by atoms with Crippen LogP contribution in [0.2, 0.25) is 19.6 Å². The van der Waals surface area contributed by atoms with Gasteiger partial charge in [0.15, 0.2) is 0 Å². The quantitative estimate of drug-likeness (QED) is 0.118. The molecule has 298 valence electrons. The molecule has 0 saturated heterocycles. The van der Waals surface area contributed by atoms with Gasteiger partial charge in [0.2, 0.25) is 5.71 Å². The van der Waals surface area contributed by atoms with Crippen LogP contribution in [0.1, 0.15) is 23.5 Å². The van der Waals surface area contributed by atoms with Crippen LogP contribution >= 0.6 is 0 Å². The molecule has 3 aromatic heterocycles. The van der Waals surface area contributed by atoms with Crippen molar-refractivity contribution in [1.29, 1.82) is 0 Å². The Balaban J connectivity index is 0.000000178. The van der Waals surface area contributed by atoms with E-state index in [9.17, 15) is 0 Å². The summed E-state index contributed by atoms with van der Waals surface area (Å²) in [5.74, 6) is -0.474. The van der Waals surface area contributed by atoms with Crippen LogP contribution in [0.25, 0.3) is 77.5 Å². The maximum atomic E-state index is 15.1. The zero-order valence-corrected chi connectivity index (χ0v) is 37.1. The number of fused-ring (bicyclic) bond motifs is 5. The fourth-order valence-electron chi connectivity index (χ4n) is 7.52. The van der Waals surface area contributed by atoms with Gasteiger partial charge >= 0.3 is 20.1 Å². The first-order chi connectivity index (χ1) is 31.2. The summed E-state index contributed by atoms with van der Waals surface area (Å²) in [4.78, 5) is 8.81. The number of aromatic nitrogens is 2. The number of rotatable bonds is 7. The molecular weight excluding hydrogens is 944 g/mol. The Morgan fingerprint density at radius 1 is 0.689 bits per heavy atom. The molecule has 0 amide bonds. The molecule has 0 fully saturated rings. The molecular formula is C55H42FIrN2OSi. The van der Waals surface area contributed by atoms with Gasteiger partial charge < -0.3 is 9.40 Å². The zero-order chi connectivity index (χ0) is 45.5. The predicted octanol–water partition coefficient (Wildman–Crippen LogP) is 13.9. The molecule has 0 radical (unpaired) electrons. The number of furan rings is 1. The van der Waals surface area contributed by atoms with E-state index in [-0.39, 0.29) is 31.3 Å². The zero-order valence-electron chi connectivity index (χ0n) is 38.7. The van der Waals surface area contributed by atoms with Crippen LogP contribution in [-0.2, 0) is 26.5 Å². The smallest absolute Gasteiger partial charge is 0.486 e. The summed E-state index contributed by atoms with van der Waals surface area (Å²) in [5, 5.41) is 3.69. The maximum Gasteiger partial charge on any atom is 3.00 e. The maximum absolute atomic E-state index is 15.1. The summed E-state index contributed by atoms with van der Waals surface area (Å²) in [6, 6.07) is 59.3. The van der Waals surface area contributed by atoms with E-state index in [2.05, 4.69) is 72.1 Å². The summed E-state index contributed by atoms with van der Waals surface area (Å²) in [5.41, 5.74) is 8.33. The van der Waals surface area contributed by atoms with E-state index in [1.165, 1.54) is 12.3 Å². The van der Waals surface area contributed by atoms with Gasteiger partial charge in [-0.05, 0) is 57.5 Å². The molecule has 0 aliphatic rings. The van der Waals surface area contributed by atoms with Crippen LogP contribution in [0.15, 0.2) is 175 Å². The first-order valence-corrected chi connectivity index (χ1v) is 23.2. The van der Waals surface area contributed by atoms with Crippen molar-refractivity contribution in [1.82, 2.24) is 9.97 Å². The van der Waals surface area contributed by atoms with E-state index < -0.39 is 27.1 Å². The third-order valence-corrected chi connectivity index (χ3v) is 12.5. The fourth-order valence-corrected chi connectivity index (χ4v) is 8.97. The molecule has 3 nitrogen and oxygen atoms in total. The monoisotopic (exact) mass is 991 g/mol. The number of aryl methyl sites for hydroxylation is 1. The van der Waals surface area contributed by atoms with Gasteiger partial charge in [0.05, 0.1) is 5.58 Å². The van der Waals surface area contributed by atoms with Crippen LogP contribution in [0.4, 0.5) is 4.39 Å². The molecule has 0 N–H and O–H groups in total. The second-order valence-corrected chi connectivity index (χ2v) is 20.6. The fraction of sp³-hybridized carbons (Fsp3) is 0.0909. The molecule has 0 aliphatic heterocycles. The van der Waals surface area contributed by atoms with Crippen LogP contribution in [0.3, 0.4) is 0 Å². The number of pyridine rings is 2. The second-order valence-electron chi connectivity index (χ2n) is 15.6. The van der Waals surface area contributed by atoms with Crippen molar-refractivity contribution < 1.29 is 35.8 Å². The normalized spacial score (nSPS) is 13.0. The summed E-state index contributed by atoms with van der Waals surface area (Å²) in [7, 11) is -1.79. The Morgan fingerprint density at radius 2 is 1.38 bits per heavy atom. The molecule has 0 saturated carbocycles. The first-order valence-electron chi connectivity index (χ1n) is 22.2. The largest absolute Gasteiger partial charge is 3.00 e. The molecule has 0 unspecified atom stereocenters. The number of halogens is 1. The van der Waals surface area contributed by atoms with Crippen molar-refractivity contribution in [3.05, 3.63) is 211 Å². The van der Waals surface area contributed by atoms with E-state index in [1.54, 1.807) is 12.3 Å². The van der Waals surface area contributed by atoms with Crippen molar-refractivity contribution >= 4 is 46.1 Å². The average Bonchev–Trinajstić information content (AvgIpc) is 3.73. The molecule has 7 aromatic carbocycles. The van der Waals surface area contributed by atoms with Crippen molar-refractivity contribution in [3.8, 4) is 44.6 Å². The van der Waals surface area contributed by atoms with E-state index in [1.807, 2.05) is 121 Å². The van der Waals surface area contributed by atoms with Gasteiger partial charge in [0.1, 0.15) is 0 Å². The van der Waals surface area contributed by atoms with Crippen LogP contribution in [0, 0.1) is 30.9 Å². The molecule has 0 spiro atoms. The Hall–Kier alpha value is -6.30. The number of benzene rings is 7. The van der Waals surface area contributed by atoms with Gasteiger partial charge in [0.25, 0.3) is 0 Å². The average molecular weight is 991 g/mol. The third kappa shape index (κ3) is 8.66. The summed E-state index contributed by atoms with van der Waals surface area (Å²) in [6.07, 6.45) is 1.46. The minimum absolute atomic E-state index is 0. The Morgan fingerprint density at radius 3 is 2.11 bits per heavy atom. The van der Waals surface area contributed by atoms with Crippen molar-refractivity contribution in [2.75, 3.05) is 0 Å². The van der Waals surface area contributed by atoms with Crippen LogP contribution in [0.5, 0.6) is 0 Å². The van der Waals surface area contributed by atoms with Crippen LogP contribution < -0.4 is 5.19 Å². The minimum atomic E-state index is -2.35. The van der Waals surface area contributed by atoms with Crippen molar-refractivity contribution in [2.24, 2.45) is 0 Å². The summed E-state index contributed by atoms with van der Waals surface area (Å²) in [6.45, 7) is 4.41. The van der Waals surface area contributed by atoms with Gasteiger partial charge in [-0.15, -0.1) is 34.5 Å². The number of hydrogen-bond acceptors (Lipinski definition) is 3. The van der Waals surface area contributed by atoms with E-state index in [0.717, 1.165) is 49.3 Å². The first kappa shape index (κ1) is 35.5. The molecule has 0 bridgehead atoms. The van der Waals surface area contributed by atoms with E-state index in [0.29, 0.717) is 38.9 Å². The Labute approximate surface area is 378 Å². The molecule has 10 aromatic rings.